The second-order valence-electron chi connectivity index (χ2n) is 7.10. The highest BCUT2D eigenvalue weighted by atomic mass is 35.5. The molecule has 0 spiro atoms. The van der Waals surface area contributed by atoms with Gasteiger partial charge in [0, 0.05) is 22.3 Å². The van der Waals surface area contributed by atoms with Crippen LogP contribution < -0.4 is 4.74 Å². The van der Waals surface area contributed by atoms with Crippen molar-refractivity contribution < 1.29 is 9.13 Å². The fourth-order valence-corrected chi connectivity index (χ4v) is 3.27. The van der Waals surface area contributed by atoms with E-state index in [-0.39, 0.29) is 11.2 Å². The Hall–Kier alpha value is -2.11. The molecule has 0 aliphatic heterocycles. The molecule has 0 bridgehead atoms. The fourth-order valence-electron chi connectivity index (χ4n) is 2.28. The maximum Gasteiger partial charge on any atom is 0.223 e. The number of hydrogen-bond acceptors (Lipinski definition) is 4. The molecule has 6 heteroatoms. The van der Waals surface area contributed by atoms with Gasteiger partial charge in [-0.15, -0.1) is 0 Å². The van der Waals surface area contributed by atoms with E-state index < -0.39 is 0 Å². The van der Waals surface area contributed by atoms with Gasteiger partial charge in [0.2, 0.25) is 5.88 Å². The lowest BCUT2D eigenvalue weighted by Gasteiger charge is -2.19. The fraction of sp³-hybridized carbons (Fsp3) is 0.238. The molecule has 0 unspecified atom stereocenters. The SMILES string of the molecule is CC(C)(C)c1cc(Oc2cccc(Cl)c2)nc(SCc2ccc(F)cc2)n1. The predicted octanol–water partition coefficient (Wildman–Crippen LogP) is 6.65. The lowest BCUT2D eigenvalue weighted by molar-refractivity contribution is 0.447. The molecule has 0 saturated carbocycles. The van der Waals surface area contributed by atoms with Crippen LogP contribution in [0.15, 0.2) is 59.8 Å². The molecule has 27 heavy (non-hydrogen) atoms. The zero-order valence-electron chi connectivity index (χ0n) is 15.4. The highest BCUT2D eigenvalue weighted by molar-refractivity contribution is 7.98. The molecule has 3 aromatic rings. The van der Waals surface area contributed by atoms with Gasteiger partial charge in [-0.3, -0.25) is 0 Å². The highest BCUT2D eigenvalue weighted by Crippen LogP contribution is 2.30. The van der Waals surface area contributed by atoms with Gasteiger partial charge in [-0.1, -0.05) is 62.3 Å². The number of aromatic nitrogens is 2. The Morgan fingerprint density at radius 1 is 1.04 bits per heavy atom. The molecule has 0 radical (unpaired) electrons. The summed E-state index contributed by atoms with van der Waals surface area (Å²) in [6, 6.07) is 15.5. The summed E-state index contributed by atoms with van der Waals surface area (Å²) >= 11 is 7.52. The standard InChI is InChI=1S/C21H20ClFN2OS/c1-21(2,3)18-12-19(26-17-6-4-5-15(22)11-17)25-20(24-18)27-13-14-7-9-16(23)10-8-14/h4-12H,13H2,1-3H3. The van der Waals surface area contributed by atoms with Crippen molar-refractivity contribution in [1.82, 2.24) is 9.97 Å². The zero-order chi connectivity index (χ0) is 19.4. The normalized spacial score (nSPS) is 11.4. The van der Waals surface area contributed by atoms with Crippen molar-refractivity contribution in [2.24, 2.45) is 0 Å². The van der Waals surface area contributed by atoms with Crippen LogP contribution in [0.1, 0.15) is 32.0 Å². The number of ether oxygens (including phenoxy) is 1. The minimum absolute atomic E-state index is 0.152. The van der Waals surface area contributed by atoms with Crippen LogP contribution >= 0.6 is 23.4 Å². The van der Waals surface area contributed by atoms with Gasteiger partial charge in [-0.2, -0.15) is 4.98 Å². The molecule has 0 aliphatic rings. The summed E-state index contributed by atoms with van der Waals surface area (Å²) in [5, 5.41) is 1.22. The van der Waals surface area contributed by atoms with E-state index in [1.807, 2.05) is 18.2 Å². The maximum absolute atomic E-state index is 13.1. The Morgan fingerprint density at radius 2 is 1.78 bits per heavy atom. The molecule has 0 saturated heterocycles. The van der Waals surface area contributed by atoms with Crippen LogP contribution in [0.2, 0.25) is 5.02 Å². The monoisotopic (exact) mass is 402 g/mol. The van der Waals surface area contributed by atoms with E-state index in [0.717, 1.165) is 11.3 Å². The Labute approximate surface area is 168 Å². The van der Waals surface area contributed by atoms with Gasteiger partial charge < -0.3 is 4.74 Å². The molecule has 3 rings (SSSR count). The molecule has 140 valence electrons. The van der Waals surface area contributed by atoms with E-state index in [1.54, 1.807) is 24.3 Å². The smallest absolute Gasteiger partial charge is 0.223 e. The van der Waals surface area contributed by atoms with Gasteiger partial charge in [0.1, 0.15) is 11.6 Å². The Balaban J connectivity index is 1.85. The molecular weight excluding hydrogens is 383 g/mol. The minimum atomic E-state index is -0.244. The molecular formula is C21H20ClFN2OS. The van der Waals surface area contributed by atoms with Crippen molar-refractivity contribution in [3.05, 3.63) is 76.7 Å². The summed E-state index contributed by atoms with van der Waals surface area (Å²) < 4.78 is 19.0. The van der Waals surface area contributed by atoms with E-state index in [0.29, 0.717) is 27.6 Å². The molecule has 0 fully saturated rings. The lowest BCUT2D eigenvalue weighted by Crippen LogP contribution is -2.14. The summed E-state index contributed by atoms with van der Waals surface area (Å²) in [6.45, 7) is 6.27. The number of hydrogen-bond donors (Lipinski definition) is 0. The van der Waals surface area contributed by atoms with E-state index in [9.17, 15) is 4.39 Å². The average molecular weight is 403 g/mol. The number of benzene rings is 2. The predicted molar refractivity (Wildman–Crippen MR) is 108 cm³/mol. The lowest BCUT2D eigenvalue weighted by atomic mass is 9.92. The second kappa shape index (κ2) is 8.28. The average Bonchev–Trinajstić information content (AvgIpc) is 2.60. The van der Waals surface area contributed by atoms with Gasteiger partial charge in [-0.05, 0) is 35.9 Å². The topological polar surface area (TPSA) is 35.0 Å². The second-order valence-corrected chi connectivity index (χ2v) is 8.48. The highest BCUT2D eigenvalue weighted by Gasteiger charge is 2.19. The summed E-state index contributed by atoms with van der Waals surface area (Å²) in [5.74, 6) is 1.49. The first kappa shape index (κ1) is 19.6. The molecule has 1 aromatic heterocycles. The van der Waals surface area contributed by atoms with Crippen molar-refractivity contribution in [3.8, 4) is 11.6 Å². The van der Waals surface area contributed by atoms with E-state index in [4.69, 9.17) is 16.3 Å². The van der Waals surface area contributed by atoms with E-state index in [1.165, 1.54) is 23.9 Å². The first-order valence-electron chi connectivity index (χ1n) is 8.50. The summed E-state index contributed by atoms with van der Waals surface area (Å²) in [6.07, 6.45) is 0. The van der Waals surface area contributed by atoms with Crippen LogP contribution in [0.5, 0.6) is 11.6 Å². The Bertz CT molecular complexity index is 926. The number of halogens is 2. The van der Waals surface area contributed by atoms with Crippen LogP contribution in [-0.2, 0) is 11.2 Å². The number of rotatable bonds is 5. The van der Waals surface area contributed by atoms with Crippen LogP contribution in [-0.4, -0.2) is 9.97 Å². The molecule has 3 nitrogen and oxygen atoms in total. The molecule has 2 aromatic carbocycles. The van der Waals surface area contributed by atoms with E-state index in [2.05, 4.69) is 30.7 Å². The third kappa shape index (κ3) is 5.68. The summed E-state index contributed by atoms with van der Waals surface area (Å²) in [7, 11) is 0. The van der Waals surface area contributed by atoms with Crippen molar-refractivity contribution in [3.63, 3.8) is 0 Å². The van der Waals surface area contributed by atoms with E-state index >= 15 is 0 Å². The molecule has 0 N–H and O–H groups in total. The van der Waals surface area contributed by atoms with Crippen LogP contribution in [0.3, 0.4) is 0 Å². The Morgan fingerprint density at radius 3 is 2.44 bits per heavy atom. The first-order valence-corrected chi connectivity index (χ1v) is 9.86. The third-order valence-corrected chi connectivity index (χ3v) is 4.90. The van der Waals surface area contributed by atoms with Gasteiger partial charge in [0.25, 0.3) is 0 Å². The molecule has 0 atom stereocenters. The van der Waals surface area contributed by atoms with Gasteiger partial charge in [0.15, 0.2) is 5.16 Å². The first-order chi connectivity index (χ1) is 12.8. The molecule has 1 heterocycles. The van der Waals surface area contributed by atoms with Crippen molar-refractivity contribution in [2.45, 2.75) is 37.1 Å². The van der Waals surface area contributed by atoms with Crippen molar-refractivity contribution in [1.29, 1.82) is 0 Å². The molecule has 0 amide bonds. The summed E-state index contributed by atoms with van der Waals surface area (Å²) in [5.41, 5.74) is 1.74. The molecule has 0 aliphatic carbocycles. The van der Waals surface area contributed by atoms with Crippen LogP contribution in [0, 0.1) is 5.82 Å². The third-order valence-electron chi connectivity index (χ3n) is 3.75. The van der Waals surface area contributed by atoms with Gasteiger partial charge in [-0.25, -0.2) is 9.37 Å². The van der Waals surface area contributed by atoms with Crippen LogP contribution in [0.25, 0.3) is 0 Å². The maximum atomic E-state index is 13.1. The Kier molecular flexibility index (Phi) is 6.02. The van der Waals surface area contributed by atoms with Gasteiger partial charge in [0.05, 0.1) is 5.69 Å². The number of thioether (sulfide) groups is 1. The zero-order valence-corrected chi connectivity index (χ0v) is 16.9. The van der Waals surface area contributed by atoms with Gasteiger partial charge >= 0.3 is 0 Å². The minimum Gasteiger partial charge on any atom is -0.439 e. The van der Waals surface area contributed by atoms with Crippen LogP contribution in [0.4, 0.5) is 4.39 Å². The van der Waals surface area contributed by atoms with Crippen molar-refractivity contribution in [2.75, 3.05) is 0 Å². The number of nitrogens with zero attached hydrogens (tertiary/aromatic N) is 2. The summed E-state index contributed by atoms with van der Waals surface area (Å²) in [4.78, 5) is 9.19. The van der Waals surface area contributed by atoms with Crippen molar-refractivity contribution >= 4 is 23.4 Å². The largest absolute Gasteiger partial charge is 0.439 e. The quantitative estimate of drug-likeness (QED) is 0.353.